The van der Waals surface area contributed by atoms with Crippen LogP contribution in [0.25, 0.3) is 0 Å². The lowest BCUT2D eigenvalue weighted by atomic mass is 10.3. The van der Waals surface area contributed by atoms with E-state index in [1.807, 2.05) is 0 Å². The summed E-state index contributed by atoms with van der Waals surface area (Å²) in [6, 6.07) is 2.82. The van der Waals surface area contributed by atoms with Crippen molar-refractivity contribution in [3.63, 3.8) is 0 Å². The molecule has 136 valence electrons. The first-order valence-corrected chi connectivity index (χ1v) is 5.50. The normalized spacial score (nSPS) is 8.80. The molecule has 5 N–H and O–H groups in total. The third-order valence-corrected chi connectivity index (χ3v) is 1.64. The first kappa shape index (κ1) is 20.8. The molecule has 0 amide bonds. The van der Waals surface area contributed by atoms with Crippen LogP contribution in [0.15, 0.2) is 18.2 Å². The number of carbonyl (C=O) groups is 5. The molecule has 0 saturated heterocycles. The molecular weight excluding hydrogens is 356 g/mol. The Labute approximate surface area is 135 Å². The molecule has 0 radical (unpaired) electrons. The first-order chi connectivity index (χ1) is 11.5. The Morgan fingerprint density at radius 3 is 0.880 bits per heavy atom. The molecule has 0 unspecified atom stereocenters. The quantitative estimate of drug-likeness (QED) is 0.294. The molecular formula is C11H8O14. The summed E-state index contributed by atoms with van der Waals surface area (Å²) in [7, 11) is 0. The minimum atomic E-state index is -1.81. The molecule has 1 rings (SSSR count). The van der Waals surface area contributed by atoms with E-state index in [1.165, 1.54) is 0 Å². The summed E-state index contributed by atoms with van der Waals surface area (Å²) in [6.45, 7) is 0. The summed E-state index contributed by atoms with van der Waals surface area (Å²) in [4.78, 5) is 49.3. The van der Waals surface area contributed by atoms with Gasteiger partial charge in [-0.3, -0.25) is 0 Å². The van der Waals surface area contributed by atoms with Gasteiger partial charge >= 0.3 is 30.8 Å². The van der Waals surface area contributed by atoms with Crippen LogP contribution in [0.4, 0.5) is 24.0 Å². The van der Waals surface area contributed by atoms with E-state index in [9.17, 15) is 24.0 Å². The molecule has 25 heavy (non-hydrogen) atoms. The second-order valence-electron chi connectivity index (χ2n) is 3.38. The molecule has 1 aromatic rings. The number of hydrogen-bond acceptors (Lipinski definition) is 9. The fraction of sp³-hybridized carbons (Fsp3) is 0. The highest BCUT2D eigenvalue weighted by Crippen LogP contribution is 2.28. The molecule has 0 aliphatic carbocycles. The second-order valence-corrected chi connectivity index (χ2v) is 3.38. The molecule has 0 atom stereocenters. The van der Waals surface area contributed by atoms with Gasteiger partial charge in [0.05, 0.1) is 0 Å². The van der Waals surface area contributed by atoms with Gasteiger partial charge in [-0.1, -0.05) is 0 Å². The average Bonchev–Trinajstić information content (AvgIpc) is 2.34. The SMILES string of the molecule is O=C(O)OC(=O)O.O=C(O)Oc1cc(OC(=O)O)cc(OC(=O)O)c1. The molecule has 0 aliphatic heterocycles. The van der Waals surface area contributed by atoms with Gasteiger partial charge in [0.2, 0.25) is 0 Å². The van der Waals surface area contributed by atoms with Gasteiger partial charge in [0.15, 0.2) is 0 Å². The van der Waals surface area contributed by atoms with Crippen LogP contribution in [0.2, 0.25) is 0 Å². The van der Waals surface area contributed by atoms with Crippen LogP contribution >= 0.6 is 0 Å². The van der Waals surface area contributed by atoms with Crippen molar-refractivity contribution < 1.29 is 68.5 Å². The molecule has 0 aliphatic rings. The fourth-order valence-corrected chi connectivity index (χ4v) is 1.10. The van der Waals surface area contributed by atoms with Crippen molar-refractivity contribution in [1.82, 2.24) is 0 Å². The van der Waals surface area contributed by atoms with Crippen molar-refractivity contribution in [3.8, 4) is 17.2 Å². The smallest absolute Gasteiger partial charge is 0.449 e. The lowest BCUT2D eigenvalue weighted by Gasteiger charge is -2.06. The zero-order valence-corrected chi connectivity index (χ0v) is 11.6. The minimum Gasteiger partial charge on any atom is -0.449 e. The standard InChI is InChI=1S/C9H6O9.C2H2O5/c10-7(11)16-4-1-5(17-8(12)13)3-6(2-4)18-9(14)15;3-1(4)7-2(5)6/h1-3H,(H,10,11)(H,12,13)(H,14,15);(H,3,4)(H,5,6). The largest absolute Gasteiger partial charge is 0.516 e. The molecule has 1 aromatic carbocycles. The number of ether oxygens (including phenoxy) is 4. The summed E-state index contributed by atoms with van der Waals surface area (Å²) in [6.07, 6.45) is -8.61. The zero-order chi connectivity index (χ0) is 19.6. The lowest BCUT2D eigenvalue weighted by Crippen LogP contribution is -2.08. The number of hydrogen-bond donors (Lipinski definition) is 5. The molecule has 14 nitrogen and oxygen atoms in total. The third-order valence-electron chi connectivity index (χ3n) is 1.64. The third kappa shape index (κ3) is 11.0. The number of rotatable bonds is 3. The summed E-state index contributed by atoms with van der Waals surface area (Å²) in [5.41, 5.74) is 0. The molecule has 0 aromatic heterocycles. The van der Waals surface area contributed by atoms with Crippen LogP contribution in [-0.2, 0) is 4.74 Å². The molecule has 14 heteroatoms. The Morgan fingerprint density at radius 2 is 0.760 bits per heavy atom. The molecule has 0 spiro atoms. The Balaban J connectivity index is 0.000000697. The molecule has 0 fully saturated rings. The lowest BCUT2D eigenvalue weighted by molar-refractivity contribution is 0.0800. The van der Waals surface area contributed by atoms with Crippen molar-refractivity contribution in [2.75, 3.05) is 0 Å². The summed E-state index contributed by atoms with van der Waals surface area (Å²) in [5, 5.41) is 40.1. The summed E-state index contributed by atoms with van der Waals surface area (Å²) >= 11 is 0. The molecule has 0 bridgehead atoms. The van der Waals surface area contributed by atoms with E-state index in [-0.39, 0.29) is 17.2 Å². The van der Waals surface area contributed by atoms with Gasteiger partial charge in [0.1, 0.15) is 17.2 Å². The van der Waals surface area contributed by atoms with Crippen LogP contribution < -0.4 is 14.2 Å². The fourth-order valence-electron chi connectivity index (χ4n) is 1.10. The van der Waals surface area contributed by atoms with Crippen LogP contribution in [-0.4, -0.2) is 56.3 Å². The summed E-state index contributed by atoms with van der Waals surface area (Å²) in [5.74, 6) is -1.05. The zero-order valence-electron chi connectivity index (χ0n) is 11.6. The predicted molar refractivity (Wildman–Crippen MR) is 69.5 cm³/mol. The van der Waals surface area contributed by atoms with Gasteiger partial charge in [0, 0.05) is 18.2 Å². The highest BCUT2D eigenvalue weighted by molar-refractivity contribution is 5.74. The van der Waals surface area contributed by atoms with Crippen molar-refractivity contribution in [2.24, 2.45) is 0 Å². The predicted octanol–water partition coefficient (Wildman–Crippen LogP) is 2.22. The van der Waals surface area contributed by atoms with Crippen LogP contribution in [0.5, 0.6) is 17.2 Å². The Hall–Kier alpha value is -4.23. The van der Waals surface area contributed by atoms with E-state index >= 15 is 0 Å². The van der Waals surface area contributed by atoms with Crippen molar-refractivity contribution in [3.05, 3.63) is 18.2 Å². The number of carboxylic acid groups (broad SMARTS) is 5. The van der Waals surface area contributed by atoms with Crippen molar-refractivity contribution in [2.45, 2.75) is 0 Å². The Kier molecular flexibility index (Phi) is 8.07. The van der Waals surface area contributed by atoms with Gasteiger partial charge in [-0.15, -0.1) is 0 Å². The Morgan fingerprint density at radius 1 is 0.520 bits per heavy atom. The van der Waals surface area contributed by atoms with Crippen LogP contribution in [0.1, 0.15) is 0 Å². The van der Waals surface area contributed by atoms with Gasteiger partial charge in [-0.05, 0) is 0 Å². The van der Waals surface area contributed by atoms with E-state index in [1.54, 1.807) is 0 Å². The van der Waals surface area contributed by atoms with Gasteiger partial charge in [-0.25, -0.2) is 24.0 Å². The van der Waals surface area contributed by atoms with Gasteiger partial charge in [0.25, 0.3) is 0 Å². The number of benzene rings is 1. The van der Waals surface area contributed by atoms with Gasteiger partial charge < -0.3 is 44.5 Å². The maximum atomic E-state index is 10.3. The molecule has 0 saturated carbocycles. The van der Waals surface area contributed by atoms with Crippen molar-refractivity contribution in [1.29, 1.82) is 0 Å². The maximum Gasteiger partial charge on any atom is 0.516 e. The van der Waals surface area contributed by atoms with E-state index in [4.69, 9.17) is 25.5 Å². The topological polar surface area (TPSA) is 223 Å². The monoisotopic (exact) mass is 364 g/mol. The highest BCUT2D eigenvalue weighted by atomic mass is 16.7. The minimum absolute atomic E-state index is 0.350. The average molecular weight is 364 g/mol. The van der Waals surface area contributed by atoms with Crippen LogP contribution in [0, 0.1) is 0 Å². The van der Waals surface area contributed by atoms with Gasteiger partial charge in [-0.2, -0.15) is 0 Å². The van der Waals surface area contributed by atoms with E-state index < -0.39 is 30.8 Å². The van der Waals surface area contributed by atoms with E-state index in [0.717, 1.165) is 18.2 Å². The maximum absolute atomic E-state index is 10.3. The van der Waals surface area contributed by atoms with E-state index in [0.29, 0.717) is 0 Å². The Bertz CT molecular complexity index is 582. The first-order valence-electron chi connectivity index (χ1n) is 5.50. The highest BCUT2D eigenvalue weighted by Gasteiger charge is 2.11. The van der Waals surface area contributed by atoms with Crippen LogP contribution in [0.3, 0.4) is 0 Å². The summed E-state index contributed by atoms with van der Waals surface area (Å²) < 4.78 is 15.8. The van der Waals surface area contributed by atoms with Crippen molar-refractivity contribution >= 4 is 30.8 Å². The second kappa shape index (κ2) is 9.72. The molecule has 0 heterocycles. The van der Waals surface area contributed by atoms with E-state index in [2.05, 4.69) is 18.9 Å².